The summed E-state index contributed by atoms with van der Waals surface area (Å²) >= 11 is 0. The lowest BCUT2D eigenvalue weighted by molar-refractivity contribution is -0.135. The van der Waals surface area contributed by atoms with Gasteiger partial charge in [-0.25, -0.2) is 0 Å². The highest BCUT2D eigenvalue weighted by Gasteiger charge is 2.38. The first-order chi connectivity index (χ1) is 10.6. The molecule has 1 heterocycles. The number of hydrogen-bond donors (Lipinski definition) is 0. The fourth-order valence-electron chi connectivity index (χ4n) is 4.33. The third-order valence-electron chi connectivity index (χ3n) is 4.90. The van der Waals surface area contributed by atoms with E-state index in [-0.39, 0.29) is 28.9 Å². The van der Waals surface area contributed by atoms with Gasteiger partial charge in [0.05, 0.1) is 18.8 Å². The Bertz CT molecular complexity index is 379. The van der Waals surface area contributed by atoms with E-state index in [9.17, 15) is 4.79 Å². The standard InChI is InChI=1S/C19H37NO3/c1-8-9-18(2,3)14-19(4,5)11-17(21)20-12-16(23-7)10-15(20)13-22-6/h15-16H,8-14H2,1-7H3. The maximum absolute atomic E-state index is 12.9. The van der Waals surface area contributed by atoms with Crippen LogP contribution in [0.3, 0.4) is 0 Å². The molecule has 1 fully saturated rings. The smallest absolute Gasteiger partial charge is 0.223 e. The topological polar surface area (TPSA) is 38.8 Å². The molecule has 0 saturated carbocycles. The molecule has 2 unspecified atom stereocenters. The average Bonchev–Trinajstić information content (AvgIpc) is 2.80. The van der Waals surface area contributed by atoms with Crippen molar-refractivity contribution in [2.45, 2.75) is 78.9 Å². The molecule has 23 heavy (non-hydrogen) atoms. The Labute approximate surface area is 142 Å². The van der Waals surface area contributed by atoms with Gasteiger partial charge in [0.15, 0.2) is 0 Å². The highest BCUT2D eigenvalue weighted by atomic mass is 16.5. The van der Waals surface area contributed by atoms with Gasteiger partial charge >= 0.3 is 0 Å². The second-order valence-electron chi connectivity index (χ2n) is 8.68. The van der Waals surface area contributed by atoms with Crippen molar-refractivity contribution in [2.24, 2.45) is 10.8 Å². The molecule has 1 saturated heterocycles. The van der Waals surface area contributed by atoms with Crippen molar-refractivity contribution in [1.29, 1.82) is 0 Å². The van der Waals surface area contributed by atoms with Crippen LogP contribution in [0.15, 0.2) is 0 Å². The summed E-state index contributed by atoms with van der Waals surface area (Å²) in [6.45, 7) is 12.6. The lowest BCUT2D eigenvalue weighted by atomic mass is 9.71. The van der Waals surface area contributed by atoms with Crippen LogP contribution in [0.5, 0.6) is 0 Å². The minimum absolute atomic E-state index is 0.0124. The van der Waals surface area contributed by atoms with Gasteiger partial charge in [-0.05, 0) is 30.1 Å². The zero-order chi connectivity index (χ0) is 17.7. The Morgan fingerprint density at radius 1 is 1.17 bits per heavy atom. The van der Waals surface area contributed by atoms with Gasteiger partial charge in [0.2, 0.25) is 5.91 Å². The van der Waals surface area contributed by atoms with E-state index in [0.29, 0.717) is 19.6 Å². The molecule has 0 aromatic heterocycles. The first-order valence-electron chi connectivity index (χ1n) is 8.95. The molecule has 0 aromatic rings. The Balaban J connectivity index is 2.68. The van der Waals surface area contributed by atoms with Gasteiger partial charge in [0.25, 0.3) is 0 Å². The van der Waals surface area contributed by atoms with E-state index in [2.05, 4.69) is 34.6 Å². The predicted molar refractivity (Wildman–Crippen MR) is 94.5 cm³/mol. The zero-order valence-corrected chi connectivity index (χ0v) is 16.3. The van der Waals surface area contributed by atoms with Crippen LogP contribution < -0.4 is 0 Å². The lowest BCUT2D eigenvalue weighted by Gasteiger charge is -2.36. The molecular weight excluding hydrogens is 290 g/mol. The predicted octanol–water partition coefficient (Wildman–Crippen LogP) is 3.88. The Kier molecular flexibility index (Phi) is 7.53. The molecular formula is C19H37NO3. The summed E-state index contributed by atoms with van der Waals surface area (Å²) in [6.07, 6.45) is 5.06. The minimum atomic E-state index is 0.0124. The number of rotatable bonds is 9. The molecule has 1 amide bonds. The normalized spacial score (nSPS) is 22.7. The third kappa shape index (κ3) is 6.42. The number of amides is 1. The van der Waals surface area contributed by atoms with E-state index in [0.717, 1.165) is 12.8 Å². The second kappa shape index (κ2) is 8.48. The van der Waals surface area contributed by atoms with E-state index in [1.807, 2.05) is 4.90 Å². The monoisotopic (exact) mass is 327 g/mol. The molecule has 0 spiro atoms. The summed E-state index contributed by atoms with van der Waals surface area (Å²) in [5.41, 5.74) is 0.295. The van der Waals surface area contributed by atoms with Crippen LogP contribution in [0.1, 0.15) is 66.7 Å². The lowest BCUT2D eigenvalue weighted by Crippen LogP contribution is -2.41. The summed E-state index contributed by atoms with van der Waals surface area (Å²) < 4.78 is 10.8. The van der Waals surface area contributed by atoms with Gasteiger partial charge in [-0.2, -0.15) is 0 Å². The number of carbonyl (C=O) groups excluding carboxylic acids is 1. The largest absolute Gasteiger partial charge is 0.383 e. The van der Waals surface area contributed by atoms with Crippen LogP contribution in [0.4, 0.5) is 0 Å². The van der Waals surface area contributed by atoms with Crippen LogP contribution in [0, 0.1) is 10.8 Å². The first kappa shape index (κ1) is 20.4. The number of nitrogens with zero attached hydrogens (tertiary/aromatic N) is 1. The Morgan fingerprint density at radius 2 is 1.83 bits per heavy atom. The van der Waals surface area contributed by atoms with Gasteiger partial charge in [0, 0.05) is 27.2 Å². The quantitative estimate of drug-likeness (QED) is 0.645. The number of ether oxygens (including phenoxy) is 2. The minimum Gasteiger partial charge on any atom is -0.383 e. The average molecular weight is 328 g/mol. The summed E-state index contributed by atoms with van der Waals surface area (Å²) in [4.78, 5) is 14.8. The first-order valence-corrected chi connectivity index (χ1v) is 8.95. The number of methoxy groups -OCH3 is 2. The molecule has 0 N–H and O–H groups in total. The van der Waals surface area contributed by atoms with Gasteiger partial charge in [-0.3, -0.25) is 4.79 Å². The summed E-state index contributed by atoms with van der Waals surface area (Å²) in [6, 6.07) is 0.150. The van der Waals surface area contributed by atoms with E-state index in [1.165, 1.54) is 12.8 Å². The summed E-state index contributed by atoms with van der Waals surface area (Å²) in [5, 5.41) is 0. The van der Waals surface area contributed by atoms with E-state index < -0.39 is 0 Å². The van der Waals surface area contributed by atoms with Gasteiger partial charge in [0.1, 0.15) is 0 Å². The van der Waals surface area contributed by atoms with Crippen LogP contribution in [-0.2, 0) is 14.3 Å². The summed E-state index contributed by atoms with van der Waals surface area (Å²) in [5.74, 6) is 0.240. The summed E-state index contributed by atoms with van der Waals surface area (Å²) in [7, 11) is 3.42. The fraction of sp³-hybridized carbons (Fsp3) is 0.947. The maximum Gasteiger partial charge on any atom is 0.223 e. The molecule has 0 aliphatic carbocycles. The van der Waals surface area contributed by atoms with Crippen molar-refractivity contribution in [3.8, 4) is 0 Å². The van der Waals surface area contributed by atoms with Crippen LogP contribution in [-0.4, -0.2) is 50.3 Å². The molecule has 1 rings (SSSR count). The molecule has 136 valence electrons. The van der Waals surface area contributed by atoms with E-state index in [1.54, 1.807) is 14.2 Å². The molecule has 2 atom stereocenters. The molecule has 4 heteroatoms. The van der Waals surface area contributed by atoms with Crippen molar-refractivity contribution in [1.82, 2.24) is 4.90 Å². The fourth-order valence-corrected chi connectivity index (χ4v) is 4.33. The highest BCUT2D eigenvalue weighted by Crippen LogP contribution is 2.39. The van der Waals surface area contributed by atoms with Gasteiger partial charge in [-0.1, -0.05) is 41.0 Å². The second-order valence-corrected chi connectivity index (χ2v) is 8.68. The van der Waals surface area contributed by atoms with Crippen molar-refractivity contribution in [2.75, 3.05) is 27.4 Å². The van der Waals surface area contributed by atoms with Gasteiger partial charge in [-0.15, -0.1) is 0 Å². The molecule has 1 aliphatic rings. The van der Waals surface area contributed by atoms with Crippen LogP contribution in [0.25, 0.3) is 0 Å². The number of hydrogen-bond acceptors (Lipinski definition) is 3. The van der Waals surface area contributed by atoms with E-state index >= 15 is 0 Å². The van der Waals surface area contributed by atoms with Crippen molar-refractivity contribution < 1.29 is 14.3 Å². The Morgan fingerprint density at radius 3 is 2.35 bits per heavy atom. The number of carbonyl (C=O) groups is 1. The van der Waals surface area contributed by atoms with E-state index in [4.69, 9.17) is 9.47 Å². The molecule has 0 aromatic carbocycles. The SMILES string of the molecule is CCCC(C)(C)CC(C)(C)CC(=O)N1CC(OC)CC1COC. The third-order valence-corrected chi connectivity index (χ3v) is 4.90. The maximum atomic E-state index is 12.9. The van der Waals surface area contributed by atoms with Crippen molar-refractivity contribution in [3.05, 3.63) is 0 Å². The molecule has 0 radical (unpaired) electrons. The zero-order valence-electron chi connectivity index (χ0n) is 16.3. The molecule has 1 aliphatic heterocycles. The van der Waals surface area contributed by atoms with Crippen molar-refractivity contribution >= 4 is 5.91 Å². The van der Waals surface area contributed by atoms with Crippen molar-refractivity contribution in [3.63, 3.8) is 0 Å². The highest BCUT2D eigenvalue weighted by molar-refractivity contribution is 5.77. The van der Waals surface area contributed by atoms with Crippen LogP contribution in [0.2, 0.25) is 0 Å². The van der Waals surface area contributed by atoms with Crippen LogP contribution >= 0.6 is 0 Å². The molecule has 4 nitrogen and oxygen atoms in total. The molecule has 0 bridgehead atoms. The van der Waals surface area contributed by atoms with Gasteiger partial charge < -0.3 is 14.4 Å². The number of likely N-dealkylation sites (tertiary alicyclic amines) is 1. The Hall–Kier alpha value is -0.610.